The van der Waals surface area contributed by atoms with Gasteiger partial charge in [-0.05, 0) is 24.8 Å². The van der Waals surface area contributed by atoms with Crippen LogP contribution in [0.15, 0.2) is 0 Å². The zero-order valence-corrected chi connectivity index (χ0v) is 9.91. The molecule has 2 fully saturated rings. The molecule has 0 bridgehead atoms. The molecule has 2 saturated heterocycles. The summed E-state index contributed by atoms with van der Waals surface area (Å²) >= 11 is 0. The molecular weight excluding hydrogens is 188 g/mol. The van der Waals surface area contributed by atoms with Crippen molar-refractivity contribution in [3.8, 4) is 0 Å². The highest BCUT2D eigenvalue weighted by Gasteiger charge is 2.40. The maximum absolute atomic E-state index is 11.6. The second kappa shape index (κ2) is 4.52. The van der Waals surface area contributed by atoms with Gasteiger partial charge in [0.2, 0.25) is 5.91 Å². The Labute approximate surface area is 92.4 Å². The number of carbonyl (C=O) groups excluding carboxylic acids is 1. The molecule has 0 saturated carbocycles. The maximum atomic E-state index is 11.6. The van der Waals surface area contributed by atoms with E-state index in [1.165, 1.54) is 26.1 Å². The van der Waals surface area contributed by atoms with Crippen LogP contribution in [0.4, 0.5) is 0 Å². The molecule has 86 valence electrons. The average molecular weight is 210 g/mol. The normalized spacial score (nSPS) is 30.9. The van der Waals surface area contributed by atoms with Gasteiger partial charge in [-0.15, -0.1) is 0 Å². The van der Waals surface area contributed by atoms with Gasteiger partial charge in [-0.1, -0.05) is 13.8 Å². The van der Waals surface area contributed by atoms with Crippen molar-refractivity contribution in [3.63, 3.8) is 0 Å². The molecule has 0 N–H and O–H groups in total. The molecule has 1 unspecified atom stereocenters. The van der Waals surface area contributed by atoms with Crippen LogP contribution < -0.4 is 0 Å². The molecule has 3 nitrogen and oxygen atoms in total. The third kappa shape index (κ3) is 2.17. The van der Waals surface area contributed by atoms with Crippen LogP contribution in [0.3, 0.4) is 0 Å². The SMILES string of the molecule is CCCN1CC2CN(C(=O)CC)C[C@H]2C1. The van der Waals surface area contributed by atoms with Crippen molar-refractivity contribution in [1.29, 1.82) is 0 Å². The monoisotopic (exact) mass is 210 g/mol. The van der Waals surface area contributed by atoms with Gasteiger partial charge in [0.05, 0.1) is 0 Å². The van der Waals surface area contributed by atoms with E-state index >= 15 is 0 Å². The van der Waals surface area contributed by atoms with Crippen molar-refractivity contribution < 1.29 is 4.79 Å². The number of hydrogen-bond acceptors (Lipinski definition) is 2. The van der Waals surface area contributed by atoms with E-state index in [1.54, 1.807) is 0 Å². The first-order valence-electron chi connectivity index (χ1n) is 6.24. The number of nitrogens with zero attached hydrogens (tertiary/aromatic N) is 2. The Morgan fingerprint density at radius 1 is 1.13 bits per heavy atom. The lowest BCUT2D eigenvalue weighted by atomic mass is 10.0. The smallest absolute Gasteiger partial charge is 0.222 e. The summed E-state index contributed by atoms with van der Waals surface area (Å²) in [5.74, 6) is 1.85. The lowest BCUT2D eigenvalue weighted by Crippen LogP contribution is -2.32. The Bertz CT molecular complexity index is 228. The van der Waals surface area contributed by atoms with Gasteiger partial charge in [0, 0.05) is 32.6 Å². The third-order valence-electron chi connectivity index (χ3n) is 3.76. The second-order valence-electron chi connectivity index (χ2n) is 4.93. The molecule has 0 spiro atoms. The highest BCUT2D eigenvalue weighted by Crippen LogP contribution is 2.31. The van der Waals surface area contributed by atoms with Crippen LogP contribution in [-0.2, 0) is 4.79 Å². The molecule has 15 heavy (non-hydrogen) atoms. The van der Waals surface area contributed by atoms with Crippen LogP contribution in [0.5, 0.6) is 0 Å². The van der Waals surface area contributed by atoms with Crippen molar-refractivity contribution in [2.45, 2.75) is 26.7 Å². The van der Waals surface area contributed by atoms with E-state index in [1.807, 2.05) is 6.92 Å². The lowest BCUT2D eigenvalue weighted by molar-refractivity contribution is -0.130. The van der Waals surface area contributed by atoms with E-state index in [-0.39, 0.29) is 0 Å². The van der Waals surface area contributed by atoms with Crippen LogP contribution in [0, 0.1) is 11.8 Å². The van der Waals surface area contributed by atoms with Gasteiger partial charge in [-0.3, -0.25) is 4.79 Å². The van der Waals surface area contributed by atoms with Crippen molar-refractivity contribution >= 4 is 5.91 Å². The van der Waals surface area contributed by atoms with E-state index in [2.05, 4.69) is 16.7 Å². The molecule has 0 radical (unpaired) electrons. The Balaban J connectivity index is 1.85. The quantitative estimate of drug-likeness (QED) is 0.699. The van der Waals surface area contributed by atoms with Gasteiger partial charge < -0.3 is 9.80 Å². The fraction of sp³-hybridized carbons (Fsp3) is 0.917. The van der Waals surface area contributed by atoms with Crippen molar-refractivity contribution in [1.82, 2.24) is 9.80 Å². The standard InChI is InChI=1S/C12H22N2O/c1-3-5-13-6-10-8-14(12(15)4-2)9-11(10)7-13/h10-11H,3-9H2,1-2H3/t10-,11?/m1/s1. The van der Waals surface area contributed by atoms with Gasteiger partial charge in [0.15, 0.2) is 0 Å². The number of hydrogen-bond donors (Lipinski definition) is 0. The Morgan fingerprint density at radius 2 is 1.73 bits per heavy atom. The molecular formula is C12H22N2O. The number of carbonyl (C=O) groups is 1. The number of amides is 1. The van der Waals surface area contributed by atoms with Crippen molar-refractivity contribution in [2.75, 3.05) is 32.7 Å². The van der Waals surface area contributed by atoms with Crippen LogP contribution in [0.1, 0.15) is 26.7 Å². The first kappa shape index (κ1) is 10.9. The molecule has 1 amide bonds. The largest absolute Gasteiger partial charge is 0.342 e. The summed E-state index contributed by atoms with van der Waals surface area (Å²) in [4.78, 5) is 16.2. The van der Waals surface area contributed by atoms with Crippen molar-refractivity contribution in [3.05, 3.63) is 0 Å². The second-order valence-corrected chi connectivity index (χ2v) is 4.93. The van der Waals surface area contributed by atoms with Crippen LogP contribution >= 0.6 is 0 Å². The minimum Gasteiger partial charge on any atom is -0.342 e. The molecule has 2 aliphatic rings. The van der Waals surface area contributed by atoms with Gasteiger partial charge in [0.25, 0.3) is 0 Å². The summed E-state index contributed by atoms with van der Waals surface area (Å²) in [5.41, 5.74) is 0. The molecule has 0 aromatic carbocycles. The summed E-state index contributed by atoms with van der Waals surface area (Å²) in [6, 6.07) is 0. The van der Waals surface area contributed by atoms with Gasteiger partial charge in [0.1, 0.15) is 0 Å². The topological polar surface area (TPSA) is 23.6 Å². The fourth-order valence-electron chi connectivity index (χ4n) is 3.02. The first-order chi connectivity index (χ1) is 7.24. The zero-order chi connectivity index (χ0) is 10.8. The summed E-state index contributed by atoms with van der Waals surface area (Å²) in [6.07, 6.45) is 1.91. The van der Waals surface area contributed by atoms with E-state index < -0.39 is 0 Å². The summed E-state index contributed by atoms with van der Waals surface area (Å²) in [7, 11) is 0. The van der Waals surface area contributed by atoms with Crippen LogP contribution in [-0.4, -0.2) is 48.4 Å². The first-order valence-corrected chi connectivity index (χ1v) is 6.24. The number of fused-ring (bicyclic) bond motifs is 1. The summed E-state index contributed by atoms with van der Waals surface area (Å²) < 4.78 is 0. The van der Waals surface area contributed by atoms with Gasteiger partial charge in [-0.25, -0.2) is 0 Å². The van der Waals surface area contributed by atoms with Crippen LogP contribution in [0.2, 0.25) is 0 Å². The minimum absolute atomic E-state index is 0.339. The van der Waals surface area contributed by atoms with Crippen LogP contribution in [0.25, 0.3) is 0 Å². The molecule has 3 heteroatoms. The zero-order valence-electron chi connectivity index (χ0n) is 9.91. The minimum atomic E-state index is 0.339. The number of rotatable bonds is 3. The predicted octanol–water partition coefficient (Wildman–Crippen LogP) is 1.20. The Kier molecular flexibility index (Phi) is 3.29. The van der Waals surface area contributed by atoms with E-state index in [4.69, 9.17) is 0 Å². The maximum Gasteiger partial charge on any atom is 0.222 e. The van der Waals surface area contributed by atoms with Crippen molar-refractivity contribution in [2.24, 2.45) is 11.8 Å². The van der Waals surface area contributed by atoms with E-state index in [0.717, 1.165) is 24.9 Å². The van der Waals surface area contributed by atoms with Gasteiger partial charge in [-0.2, -0.15) is 0 Å². The summed E-state index contributed by atoms with van der Waals surface area (Å²) in [6.45, 7) is 9.88. The molecule has 2 atom stereocenters. The third-order valence-corrected chi connectivity index (χ3v) is 3.76. The highest BCUT2D eigenvalue weighted by atomic mass is 16.2. The Hall–Kier alpha value is -0.570. The molecule has 2 heterocycles. The highest BCUT2D eigenvalue weighted by molar-refractivity contribution is 5.76. The molecule has 2 rings (SSSR count). The van der Waals surface area contributed by atoms with E-state index in [0.29, 0.717) is 12.3 Å². The summed E-state index contributed by atoms with van der Waals surface area (Å²) in [5, 5.41) is 0. The molecule has 0 aliphatic carbocycles. The lowest BCUT2D eigenvalue weighted by Gasteiger charge is -2.20. The fourth-order valence-corrected chi connectivity index (χ4v) is 3.02. The Morgan fingerprint density at radius 3 is 2.20 bits per heavy atom. The van der Waals surface area contributed by atoms with E-state index in [9.17, 15) is 4.79 Å². The molecule has 2 aliphatic heterocycles. The average Bonchev–Trinajstić information content (AvgIpc) is 2.74. The van der Waals surface area contributed by atoms with Gasteiger partial charge >= 0.3 is 0 Å². The predicted molar refractivity (Wildman–Crippen MR) is 60.6 cm³/mol. The molecule has 0 aromatic heterocycles. The molecule has 0 aromatic rings. The number of likely N-dealkylation sites (tertiary alicyclic amines) is 2.